The lowest BCUT2D eigenvalue weighted by atomic mass is 10.2. The zero-order valence-electron chi connectivity index (χ0n) is 14.9. The number of benzene rings is 1. The van der Waals surface area contributed by atoms with E-state index in [0.717, 1.165) is 18.5 Å². The van der Waals surface area contributed by atoms with Crippen LogP contribution in [0.4, 0.5) is 10.1 Å². The van der Waals surface area contributed by atoms with Crippen LogP contribution in [0.1, 0.15) is 34.9 Å². The minimum Gasteiger partial charge on any atom is -0.335 e. The van der Waals surface area contributed by atoms with Crippen molar-refractivity contribution < 1.29 is 14.0 Å². The summed E-state index contributed by atoms with van der Waals surface area (Å²) in [5, 5.41) is 9.87. The van der Waals surface area contributed by atoms with Gasteiger partial charge in [0.1, 0.15) is 11.5 Å². The Morgan fingerprint density at radius 2 is 1.85 bits per heavy atom. The van der Waals surface area contributed by atoms with E-state index < -0.39 is 0 Å². The van der Waals surface area contributed by atoms with E-state index in [4.69, 9.17) is 0 Å². The highest BCUT2D eigenvalue weighted by molar-refractivity contribution is 5.93. The van der Waals surface area contributed by atoms with Crippen LogP contribution in [0.5, 0.6) is 0 Å². The molecule has 2 fully saturated rings. The Bertz CT molecular complexity index is 823. The fourth-order valence-electron chi connectivity index (χ4n) is 3.26. The third-order valence-electron chi connectivity index (χ3n) is 4.99. The van der Waals surface area contributed by atoms with E-state index in [-0.39, 0.29) is 24.2 Å². The molecule has 2 heterocycles. The fourth-order valence-corrected chi connectivity index (χ4v) is 3.26. The summed E-state index contributed by atoms with van der Waals surface area (Å²) in [5.74, 6) is -0.0122. The van der Waals surface area contributed by atoms with Gasteiger partial charge >= 0.3 is 0 Å². The maximum atomic E-state index is 12.9. The smallest absolute Gasteiger partial charge is 0.274 e. The van der Waals surface area contributed by atoms with E-state index in [1.54, 1.807) is 4.90 Å². The molecule has 0 atom stereocenters. The average molecular weight is 371 g/mol. The van der Waals surface area contributed by atoms with Gasteiger partial charge in [0.2, 0.25) is 5.91 Å². The van der Waals surface area contributed by atoms with E-state index in [9.17, 15) is 14.0 Å². The van der Waals surface area contributed by atoms with Crippen LogP contribution < -0.4 is 5.32 Å². The van der Waals surface area contributed by atoms with Crippen molar-refractivity contribution in [2.75, 3.05) is 38.0 Å². The molecule has 0 bridgehead atoms. The molecule has 2 aromatic rings. The van der Waals surface area contributed by atoms with Gasteiger partial charge in [-0.05, 0) is 43.2 Å². The molecule has 1 aromatic carbocycles. The number of nitrogens with zero attached hydrogens (tertiary/aromatic N) is 3. The highest BCUT2D eigenvalue weighted by Gasteiger charge is 2.29. The molecule has 142 valence electrons. The lowest BCUT2D eigenvalue weighted by molar-refractivity contribution is -0.117. The first kappa shape index (κ1) is 17.7. The zero-order valence-corrected chi connectivity index (χ0v) is 14.9. The molecule has 1 saturated heterocycles. The Morgan fingerprint density at radius 3 is 2.52 bits per heavy atom. The summed E-state index contributed by atoms with van der Waals surface area (Å²) in [5.41, 5.74) is 2.09. The number of hydrogen-bond acceptors (Lipinski definition) is 4. The molecule has 1 aliphatic heterocycles. The van der Waals surface area contributed by atoms with Crippen molar-refractivity contribution in [2.24, 2.45) is 0 Å². The van der Waals surface area contributed by atoms with Gasteiger partial charge in [0.15, 0.2) is 0 Å². The second kappa shape index (κ2) is 7.48. The van der Waals surface area contributed by atoms with Gasteiger partial charge in [-0.25, -0.2) is 4.39 Å². The first-order valence-electron chi connectivity index (χ1n) is 9.21. The van der Waals surface area contributed by atoms with Crippen LogP contribution in [0.2, 0.25) is 0 Å². The third-order valence-corrected chi connectivity index (χ3v) is 4.99. The molecule has 1 saturated carbocycles. The summed E-state index contributed by atoms with van der Waals surface area (Å²) < 4.78 is 12.9. The van der Waals surface area contributed by atoms with Gasteiger partial charge < -0.3 is 10.2 Å². The van der Waals surface area contributed by atoms with Gasteiger partial charge in [-0.15, -0.1) is 0 Å². The molecule has 2 amide bonds. The van der Waals surface area contributed by atoms with Crippen molar-refractivity contribution in [2.45, 2.75) is 18.8 Å². The van der Waals surface area contributed by atoms with E-state index >= 15 is 0 Å². The number of amides is 2. The van der Waals surface area contributed by atoms with Crippen molar-refractivity contribution in [3.63, 3.8) is 0 Å². The molecule has 2 N–H and O–H groups in total. The number of aromatic nitrogens is 2. The molecule has 0 unspecified atom stereocenters. The average Bonchev–Trinajstić information content (AvgIpc) is 3.40. The Morgan fingerprint density at radius 1 is 1.15 bits per heavy atom. The predicted octanol–water partition coefficient (Wildman–Crippen LogP) is 1.82. The predicted molar refractivity (Wildman–Crippen MR) is 97.9 cm³/mol. The van der Waals surface area contributed by atoms with Crippen LogP contribution in [0.3, 0.4) is 0 Å². The van der Waals surface area contributed by atoms with Gasteiger partial charge in [-0.1, -0.05) is 0 Å². The van der Waals surface area contributed by atoms with Crippen molar-refractivity contribution in [3.05, 3.63) is 47.5 Å². The number of hydrogen-bond donors (Lipinski definition) is 2. The zero-order chi connectivity index (χ0) is 18.8. The standard InChI is InChI=1S/C19H22FN5O2/c20-14-3-5-15(6-4-14)21-18(26)12-24-7-9-25(10-8-24)19(27)17-11-16(22-23-17)13-1-2-13/h3-6,11,13H,1-2,7-10,12H2,(H,21,26)(H,22,23). The Balaban J connectivity index is 1.25. The van der Waals surface area contributed by atoms with Crippen molar-refractivity contribution >= 4 is 17.5 Å². The van der Waals surface area contributed by atoms with Crippen LogP contribution in [0.15, 0.2) is 30.3 Å². The van der Waals surface area contributed by atoms with Crippen molar-refractivity contribution in [1.29, 1.82) is 0 Å². The van der Waals surface area contributed by atoms with Crippen LogP contribution >= 0.6 is 0 Å². The largest absolute Gasteiger partial charge is 0.335 e. The summed E-state index contributed by atoms with van der Waals surface area (Å²) in [7, 11) is 0. The second-order valence-corrected chi connectivity index (χ2v) is 7.11. The van der Waals surface area contributed by atoms with Gasteiger partial charge in [0.05, 0.1) is 6.54 Å². The Hall–Kier alpha value is -2.74. The van der Waals surface area contributed by atoms with Gasteiger partial charge in [-0.2, -0.15) is 5.10 Å². The molecule has 2 aliphatic rings. The molecular formula is C19H22FN5O2. The van der Waals surface area contributed by atoms with Crippen molar-refractivity contribution in [3.8, 4) is 0 Å². The topological polar surface area (TPSA) is 81.3 Å². The first-order chi connectivity index (χ1) is 13.1. The maximum absolute atomic E-state index is 12.9. The summed E-state index contributed by atoms with van der Waals surface area (Å²) in [6.07, 6.45) is 2.32. The number of nitrogens with one attached hydrogen (secondary N) is 2. The number of H-pyrrole nitrogens is 1. The number of aromatic amines is 1. The first-order valence-corrected chi connectivity index (χ1v) is 9.21. The number of anilines is 1. The quantitative estimate of drug-likeness (QED) is 0.840. The Kier molecular flexibility index (Phi) is 4.89. The Labute approximate surface area is 156 Å². The van der Waals surface area contributed by atoms with Gasteiger partial charge in [0, 0.05) is 43.5 Å². The number of halogens is 1. The number of piperazine rings is 1. The minimum atomic E-state index is -0.338. The molecule has 0 radical (unpaired) electrons. The number of carbonyl (C=O) groups excluding carboxylic acids is 2. The van der Waals surface area contributed by atoms with Crippen LogP contribution in [0.25, 0.3) is 0 Å². The highest BCUT2D eigenvalue weighted by atomic mass is 19.1. The maximum Gasteiger partial charge on any atom is 0.274 e. The summed E-state index contributed by atoms with van der Waals surface area (Å²) in [6, 6.07) is 7.54. The molecular weight excluding hydrogens is 349 g/mol. The van der Waals surface area contributed by atoms with Crippen LogP contribution in [-0.4, -0.2) is 64.5 Å². The molecule has 4 rings (SSSR count). The minimum absolute atomic E-state index is 0.0615. The SMILES string of the molecule is O=C(CN1CCN(C(=O)c2cc(C3CC3)[nH]n2)CC1)Nc1ccc(F)cc1. The second-order valence-electron chi connectivity index (χ2n) is 7.11. The van der Waals surface area contributed by atoms with Crippen LogP contribution in [0, 0.1) is 5.82 Å². The molecule has 8 heteroatoms. The molecule has 27 heavy (non-hydrogen) atoms. The normalized spacial score (nSPS) is 17.7. The number of rotatable bonds is 5. The lowest BCUT2D eigenvalue weighted by Crippen LogP contribution is -2.50. The van der Waals surface area contributed by atoms with E-state index in [2.05, 4.69) is 15.5 Å². The van der Waals surface area contributed by atoms with Gasteiger partial charge in [-0.3, -0.25) is 19.6 Å². The van der Waals surface area contributed by atoms with Gasteiger partial charge in [0.25, 0.3) is 5.91 Å². The van der Waals surface area contributed by atoms with Crippen LogP contribution in [-0.2, 0) is 4.79 Å². The summed E-state index contributed by atoms with van der Waals surface area (Å²) in [6.45, 7) is 2.63. The summed E-state index contributed by atoms with van der Waals surface area (Å²) >= 11 is 0. The van der Waals surface area contributed by atoms with Crippen molar-refractivity contribution in [1.82, 2.24) is 20.0 Å². The summed E-state index contributed by atoms with van der Waals surface area (Å²) in [4.78, 5) is 28.5. The van der Waals surface area contributed by atoms with E-state index in [0.29, 0.717) is 43.5 Å². The number of carbonyl (C=O) groups is 2. The fraction of sp³-hybridized carbons (Fsp3) is 0.421. The monoisotopic (exact) mass is 371 g/mol. The molecule has 0 spiro atoms. The molecule has 1 aromatic heterocycles. The van der Waals surface area contributed by atoms with E-state index in [1.807, 2.05) is 11.0 Å². The lowest BCUT2D eigenvalue weighted by Gasteiger charge is -2.33. The molecule has 7 nitrogen and oxygen atoms in total. The third kappa shape index (κ3) is 4.33. The molecule has 1 aliphatic carbocycles. The van der Waals surface area contributed by atoms with E-state index in [1.165, 1.54) is 24.3 Å². The highest BCUT2D eigenvalue weighted by Crippen LogP contribution is 2.39.